The molecule has 1 heterocycles. The second-order valence-corrected chi connectivity index (χ2v) is 10.4. The van der Waals surface area contributed by atoms with Crippen LogP contribution in [0.25, 0.3) is 0 Å². The van der Waals surface area contributed by atoms with Crippen LogP contribution < -0.4 is 15.4 Å². The van der Waals surface area contributed by atoms with E-state index in [0.717, 1.165) is 0 Å². The Balaban J connectivity index is 2.31. The van der Waals surface area contributed by atoms with Crippen LogP contribution in [0.4, 0.5) is 18.4 Å². The Bertz CT molecular complexity index is 1130. The van der Waals surface area contributed by atoms with Crippen molar-refractivity contribution in [3.05, 3.63) is 62.8 Å². The number of halogens is 2. The topological polar surface area (TPSA) is 138 Å². The van der Waals surface area contributed by atoms with E-state index in [9.17, 15) is 28.5 Å². The molecule has 11 nitrogen and oxygen atoms in total. The molecule has 39 heavy (non-hydrogen) atoms. The first-order valence-electron chi connectivity index (χ1n) is 12.3. The second-order valence-electron chi connectivity index (χ2n) is 10.4. The summed E-state index contributed by atoms with van der Waals surface area (Å²) in [5.74, 6) is -1.77. The molecule has 1 aliphatic rings. The Labute approximate surface area is 225 Å². The van der Waals surface area contributed by atoms with E-state index < -0.39 is 47.0 Å². The number of ether oxygens (including phenoxy) is 4. The van der Waals surface area contributed by atoms with E-state index >= 15 is 0 Å². The molecule has 0 fully saturated rings. The van der Waals surface area contributed by atoms with Gasteiger partial charge in [-0.25, -0.2) is 9.59 Å². The Kier molecular flexibility index (Phi) is 10.6. The van der Waals surface area contributed by atoms with Crippen LogP contribution in [0.3, 0.4) is 0 Å². The molecule has 0 saturated carbocycles. The maximum atomic E-state index is 13.1. The zero-order valence-electron chi connectivity index (χ0n) is 23.0. The summed E-state index contributed by atoms with van der Waals surface area (Å²) >= 11 is 0. The highest BCUT2D eigenvalue weighted by Crippen LogP contribution is 2.42. The van der Waals surface area contributed by atoms with Gasteiger partial charge in [0.15, 0.2) is 0 Å². The summed E-state index contributed by atoms with van der Waals surface area (Å²) in [6.45, 7) is 8.46. The number of carbonyl (C=O) groups is 2. The van der Waals surface area contributed by atoms with Gasteiger partial charge in [0.25, 0.3) is 5.70 Å². The predicted molar refractivity (Wildman–Crippen MR) is 136 cm³/mol. The SMILES string of the molecule is CC1=C(OC(=O)OCC(CC(C)C)NC(=O)OC(C)(C)C)C(c2ccccc2OC(F)F)C([N+](=O)[O-])=C(C)N1. The number of hydrogen-bond acceptors (Lipinski definition) is 9. The van der Waals surface area contributed by atoms with Crippen LogP contribution in [-0.2, 0) is 14.2 Å². The van der Waals surface area contributed by atoms with Crippen LogP contribution in [0.5, 0.6) is 5.75 Å². The van der Waals surface area contributed by atoms with Gasteiger partial charge >= 0.3 is 18.9 Å². The standard InChI is InChI=1S/C26H35F2N3O8/c1-14(2)12-17(30-24(32)39-26(5,6)7)13-36-25(33)38-22-16(4)29-15(3)21(31(34)35)20(22)18-10-8-9-11-19(18)37-23(27)28/h8-11,14,17,20,23,29H,12-13H2,1-7H3,(H,30,32). The first kappa shape index (κ1) is 31.3. The van der Waals surface area contributed by atoms with E-state index in [4.69, 9.17) is 14.2 Å². The summed E-state index contributed by atoms with van der Waals surface area (Å²) in [5, 5.41) is 17.5. The van der Waals surface area contributed by atoms with Gasteiger partial charge in [-0.2, -0.15) is 8.78 Å². The lowest BCUT2D eigenvalue weighted by molar-refractivity contribution is -0.431. The van der Waals surface area contributed by atoms with Crippen LogP contribution in [0, 0.1) is 16.0 Å². The quantitative estimate of drug-likeness (QED) is 0.208. The molecule has 216 valence electrons. The lowest BCUT2D eigenvalue weighted by Gasteiger charge is -2.28. The second kappa shape index (κ2) is 13.3. The molecule has 0 aliphatic carbocycles. The zero-order chi connectivity index (χ0) is 29.5. The predicted octanol–water partition coefficient (Wildman–Crippen LogP) is 5.81. The van der Waals surface area contributed by atoms with Gasteiger partial charge in [-0.05, 0) is 53.0 Å². The smallest absolute Gasteiger partial charge is 0.444 e. The molecule has 2 atom stereocenters. The number of nitrogens with one attached hydrogen (secondary N) is 2. The number of rotatable bonds is 10. The number of dihydropyridines is 1. The van der Waals surface area contributed by atoms with E-state index in [-0.39, 0.29) is 41.0 Å². The fourth-order valence-electron chi connectivity index (χ4n) is 4.05. The van der Waals surface area contributed by atoms with Gasteiger partial charge < -0.3 is 29.6 Å². The van der Waals surface area contributed by atoms with E-state index in [1.165, 1.54) is 38.1 Å². The van der Waals surface area contributed by atoms with Crippen LogP contribution in [0.1, 0.15) is 66.4 Å². The van der Waals surface area contributed by atoms with Crippen molar-refractivity contribution in [1.29, 1.82) is 0 Å². The van der Waals surface area contributed by atoms with E-state index in [0.29, 0.717) is 6.42 Å². The number of hydrogen-bond donors (Lipinski definition) is 2. The molecule has 0 spiro atoms. The van der Waals surface area contributed by atoms with Crippen molar-refractivity contribution in [1.82, 2.24) is 10.6 Å². The Morgan fingerprint density at radius 3 is 2.36 bits per heavy atom. The number of amides is 1. The van der Waals surface area contributed by atoms with Crippen molar-refractivity contribution in [2.24, 2.45) is 5.92 Å². The molecule has 0 bridgehead atoms. The molecule has 0 aromatic heterocycles. The molecule has 2 rings (SSSR count). The van der Waals surface area contributed by atoms with Crippen molar-refractivity contribution < 1.29 is 42.2 Å². The van der Waals surface area contributed by atoms with E-state index in [1.807, 2.05) is 13.8 Å². The lowest BCUT2D eigenvalue weighted by atomic mass is 9.89. The number of benzene rings is 1. The zero-order valence-corrected chi connectivity index (χ0v) is 23.0. The lowest BCUT2D eigenvalue weighted by Crippen LogP contribution is -2.42. The number of nitrogens with zero attached hydrogens (tertiary/aromatic N) is 1. The molecule has 1 amide bonds. The minimum Gasteiger partial charge on any atom is -0.444 e. The highest BCUT2D eigenvalue weighted by atomic mass is 19.3. The highest BCUT2D eigenvalue weighted by Gasteiger charge is 2.41. The number of nitro groups is 1. The van der Waals surface area contributed by atoms with Gasteiger partial charge in [0.2, 0.25) is 0 Å². The number of alkyl halides is 2. The summed E-state index contributed by atoms with van der Waals surface area (Å²) in [5.41, 5.74) is -0.787. The maximum Gasteiger partial charge on any atom is 0.513 e. The van der Waals surface area contributed by atoms with Gasteiger partial charge in [-0.3, -0.25) is 10.1 Å². The van der Waals surface area contributed by atoms with Crippen molar-refractivity contribution in [2.45, 2.75) is 79.1 Å². The molecule has 1 aliphatic heterocycles. The molecule has 0 saturated heterocycles. The van der Waals surface area contributed by atoms with Gasteiger partial charge in [0, 0.05) is 5.56 Å². The minimum absolute atomic E-state index is 0.00298. The van der Waals surface area contributed by atoms with E-state index in [2.05, 4.69) is 15.4 Å². The first-order valence-corrected chi connectivity index (χ1v) is 12.3. The summed E-state index contributed by atoms with van der Waals surface area (Å²) in [4.78, 5) is 36.3. The van der Waals surface area contributed by atoms with Crippen molar-refractivity contribution in [2.75, 3.05) is 6.61 Å². The van der Waals surface area contributed by atoms with Gasteiger partial charge in [0.05, 0.1) is 22.4 Å². The molecule has 0 radical (unpaired) electrons. The number of alkyl carbamates (subject to hydrolysis) is 1. The van der Waals surface area contributed by atoms with Crippen LogP contribution in [0.15, 0.2) is 47.1 Å². The van der Waals surface area contributed by atoms with E-state index in [1.54, 1.807) is 20.8 Å². The third kappa shape index (κ3) is 9.41. The summed E-state index contributed by atoms with van der Waals surface area (Å²) in [6.07, 6.45) is -1.44. The molecule has 1 aromatic carbocycles. The van der Waals surface area contributed by atoms with Gasteiger partial charge in [-0.1, -0.05) is 32.0 Å². The molecule has 1 aromatic rings. The Hall–Kier alpha value is -3.90. The highest BCUT2D eigenvalue weighted by molar-refractivity contribution is 5.68. The van der Waals surface area contributed by atoms with Crippen LogP contribution in [-0.4, -0.2) is 42.0 Å². The molecule has 2 N–H and O–H groups in total. The number of para-hydroxylation sites is 1. The van der Waals surface area contributed by atoms with Gasteiger partial charge in [-0.15, -0.1) is 0 Å². The summed E-state index contributed by atoms with van der Waals surface area (Å²) in [7, 11) is 0. The molecular weight excluding hydrogens is 520 g/mol. The van der Waals surface area contributed by atoms with Crippen molar-refractivity contribution in [3.8, 4) is 5.75 Å². The number of carbonyl (C=O) groups excluding carboxylic acids is 2. The normalized spacial score (nSPS) is 16.5. The molecular formula is C26H35F2N3O8. The van der Waals surface area contributed by atoms with Crippen molar-refractivity contribution >= 4 is 12.2 Å². The first-order chi connectivity index (χ1) is 18.1. The summed E-state index contributed by atoms with van der Waals surface area (Å²) in [6, 6.07) is 4.92. The average molecular weight is 556 g/mol. The van der Waals surface area contributed by atoms with Gasteiger partial charge in [0.1, 0.15) is 29.6 Å². The fourth-order valence-corrected chi connectivity index (χ4v) is 4.05. The summed E-state index contributed by atoms with van der Waals surface area (Å²) < 4.78 is 46.7. The molecule has 2 unspecified atom stereocenters. The third-order valence-electron chi connectivity index (χ3n) is 5.38. The minimum atomic E-state index is -3.19. The third-order valence-corrected chi connectivity index (χ3v) is 5.38. The van der Waals surface area contributed by atoms with Crippen LogP contribution in [0.2, 0.25) is 0 Å². The Morgan fingerprint density at radius 2 is 1.79 bits per heavy atom. The Morgan fingerprint density at radius 1 is 1.15 bits per heavy atom. The number of allylic oxidation sites excluding steroid dienone is 2. The largest absolute Gasteiger partial charge is 0.513 e. The average Bonchev–Trinajstić information content (AvgIpc) is 2.77. The van der Waals surface area contributed by atoms with Crippen molar-refractivity contribution in [3.63, 3.8) is 0 Å². The van der Waals surface area contributed by atoms with Crippen LogP contribution >= 0.6 is 0 Å². The monoisotopic (exact) mass is 555 g/mol. The fraction of sp³-hybridized carbons (Fsp3) is 0.538. The molecule has 13 heteroatoms. The maximum absolute atomic E-state index is 13.1.